The number of hydrogen-bond donors (Lipinski definition) is 2. The van der Waals surface area contributed by atoms with Crippen LogP contribution in [0.3, 0.4) is 0 Å². The molecule has 0 saturated carbocycles. The molecular weight excluding hydrogens is 332 g/mol. The van der Waals surface area contributed by atoms with Crippen LogP contribution in [0, 0.1) is 0 Å². The lowest BCUT2D eigenvalue weighted by atomic mass is 10.0. The number of rotatable bonds is 5. The quantitative estimate of drug-likeness (QED) is 0.768. The van der Waals surface area contributed by atoms with E-state index >= 15 is 0 Å². The van der Waals surface area contributed by atoms with Crippen LogP contribution in [-0.2, 0) is 14.8 Å². The molecule has 132 valence electrons. The molecular formula is C16H22N2O5S. The van der Waals surface area contributed by atoms with E-state index in [0.717, 1.165) is 25.7 Å². The number of nitrogens with one attached hydrogen (secondary N) is 2. The van der Waals surface area contributed by atoms with Crippen LogP contribution in [0.2, 0.25) is 0 Å². The van der Waals surface area contributed by atoms with Gasteiger partial charge in [-0.1, -0.05) is 0 Å². The summed E-state index contributed by atoms with van der Waals surface area (Å²) in [6.07, 6.45) is 3.77. The number of carbonyl (C=O) groups is 1. The van der Waals surface area contributed by atoms with Crippen LogP contribution in [0.4, 0.5) is 0 Å². The Morgan fingerprint density at radius 3 is 2.46 bits per heavy atom. The summed E-state index contributed by atoms with van der Waals surface area (Å²) in [6, 6.07) is 4.88. The first-order valence-electron chi connectivity index (χ1n) is 7.97. The van der Waals surface area contributed by atoms with E-state index in [0.29, 0.717) is 12.1 Å². The first-order valence-corrected chi connectivity index (χ1v) is 9.46. The molecule has 0 spiro atoms. The second-order valence-electron chi connectivity index (χ2n) is 6.28. The van der Waals surface area contributed by atoms with Gasteiger partial charge in [-0.2, -0.15) is 0 Å². The molecule has 0 radical (unpaired) electrons. The number of esters is 1. The fourth-order valence-corrected chi connectivity index (χ4v) is 4.85. The van der Waals surface area contributed by atoms with Crippen molar-refractivity contribution in [2.24, 2.45) is 0 Å². The predicted molar refractivity (Wildman–Crippen MR) is 87.6 cm³/mol. The summed E-state index contributed by atoms with van der Waals surface area (Å²) < 4.78 is 37.9. The van der Waals surface area contributed by atoms with Crippen LogP contribution in [0.5, 0.6) is 5.75 Å². The maximum Gasteiger partial charge on any atom is 0.341 e. The molecule has 2 unspecified atom stereocenters. The van der Waals surface area contributed by atoms with Gasteiger partial charge in [-0.25, -0.2) is 17.9 Å². The lowest BCUT2D eigenvalue weighted by Gasteiger charge is -2.29. The molecule has 0 aliphatic carbocycles. The van der Waals surface area contributed by atoms with Crippen molar-refractivity contribution in [2.45, 2.75) is 48.7 Å². The van der Waals surface area contributed by atoms with E-state index in [1.165, 1.54) is 32.4 Å². The summed E-state index contributed by atoms with van der Waals surface area (Å²) in [6.45, 7) is 0. The normalized spacial score (nSPS) is 26.2. The van der Waals surface area contributed by atoms with E-state index in [2.05, 4.69) is 10.0 Å². The van der Waals surface area contributed by atoms with Crippen molar-refractivity contribution in [3.63, 3.8) is 0 Å². The minimum Gasteiger partial charge on any atom is -0.496 e. The van der Waals surface area contributed by atoms with E-state index in [-0.39, 0.29) is 22.3 Å². The summed E-state index contributed by atoms with van der Waals surface area (Å²) in [4.78, 5) is 11.9. The lowest BCUT2D eigenvalue weighted by Crippen LogP contribution is -2.47. The van der Waals surface area contributed by atoms with E-state index in [1.807, 2.05) is 0 Å². The molecule has 2 aliphatic rings. The number of benzene rings is 1. The Balaban J connectivity index is 1.82. The average molecular weight is 354 g/mol. The smallest absolute Gasteiger partial charge is 0.341 e. The van der Waals surface area contributed by atoms with Crippen molar-refractivity contribution >= 4 is 16.0 Å². The third-order valence-electron chi connectivity index (χ3n) is 4.68. The van der Waals surface area contributed by atoms with Crippen molar-refractivity contribution in [1.29, 1.82) is 0 Å². The highest BCUT2D eigenvalue weighted by molar-refractivity contribution is 7.89. The minimum atomic E-state index is -3.71. The SMILES string of the molecule is COC(=O)c1cc(S(=O)(=O)NC2CC3CCC(C2)N3)ccc1OC. The van der Waals surface area contributed by atoms with Gasteiger partial charge in [0.2, 0.25) is 10.0 Å². The second-order valence-corrected chi connectivity index (χ2v) is 8.00. The highest BCUT2D eigenvalue weighted by atomic mass is 32.2. The maximum atomic E-state index is 12.7. The zero-order valence-electron chi connectivity index (χ0n) is 13.7. The number of hydrogen-bond acceptors (Lipinski definition) is 6. The predicted octanol–water partition coefficient (Wildman–Crippen LogP) is 1.04. The van der Waals surface area contributed by atoms with Crippen LogP contribution < -0.4 is 14.8 Å². The van der Waals surface area contributed by atoms with Crippen molar-refractivity contribution in [1.82, 2.24) is 10.0 Å². The van der Waals surface area contributed by atoms with E-state index in [9.17, 15) is 13.2 Å². The Labute approximate surface area is 141 Å². The summed E-state index contributed by atoms with van der Waals surface area (Å²) >= 11 is 0. The van der Waals surface area contributed by atoms with Crippen molar-refractivity contribution in [3.05, 3.63) is 23.8 Å². The first kappa shape index (κ1) is 17.2. The molecule has 24 heavy (non-hydrogen) atoms. The Morgan fingerprint density at radius 2 is 1.88 bits per heavy atom. The van der Waals surface area contributed by atoms with E-state index in [4.69, 9.17) is 9.47 Å². The molecule has 0 aromatic heterocycles. The second kappa shape index (κ2) is 6.70. The summed E-state index contributed by atoms with van der Waals surface area (Å²) in [7, 11) is -1.05. The van der Waals surface area contributed by atoms with Crippen molar-refractivity contribution in [2.75, 3.05) is 14.2 Å². The Kier molecular flexibility index (Phi) is 4.80. The van der Waals surface area contributed by atoms with Crippen LogP contribution >= 0.6 is 0 Å². The molecule has 1 aromatic carbocycles. The lowest BCUT2D eigenvalue weighted by molar-refractivity contribution is 0.0597. The van der Waals surface area contributed by atoms with Gasteiger partial charge in [-0.05, 0) is 43.9 Å². The zero-order chi connectivity index (χ0) is 17.3. The van der Waals surface area contributed by atoms with Gasteiger partial charge in [-0.15, -0.1) is 0 Å². The van der Waals surface area contributed by atoms with Crippen LogP contribution in [0.1, 0.15) is 36.0 Å². The van der Waals surface area contributed by atoms with Crippen LogP contribution in [-0.4, -0.2) is 46.7 Å². The van der Waals surface area contributed by atoms with Crippen molar-refractivity contribution in [3.8, 4) is 5.75 Å². The van der Waals surface area contributed by atoms with Crippen LogP contribution in [0.25, 0.3) is 0 Å². The molecule has 2 saturated heterocycles. The number of carbonyl (C=O) groups excluding carboxylic acids is 1. The van der Waals surface area contributed by atoms with E-state index < -0.39 is 16.0 Å². The standard InChI is InChI=1S/C16H22N2O5S/c1-22-15-6-5-13(9-14(15)16(19)23-2)24(20,21)18-12-7-10-3-4-11(8-12)17-10/h5-6,9-12,17-18H,3-4,7-8H2,1-2H3. The summed E-state index contributed by atoms with van der Waals surface area (Å²) in [5.74, 6) is -0.357. The number of sulfonamides is 1. The topological polar surface area (TPSA) is 93.7 Å². The molecule has 2 bridgehead atoms. The molecule has 3 rings (SSSR count). The molecule has 2 heterocycles. The zero-order valence-corrected chi connectivity index (χ0v) is 14.6. The number of ether oxygens (including phenoxy) is 2. The molecule has 8 heteroatoms. The van der Waals surface area contributed by atoms with Gasteiger partial charge < -0.3 is 14.8 Å². The number of fused-ring (bicyclic) bond motifs is 2. The fourth-order valence-electron chi connectivity index (χ4n) is 3.56. The van der Waals surface area contributed by atoms with Gasteiger partial charge in [0, 0.05) is 18.1 Å². The largest absolute Gasteiger partial charge is 0.496 e. The number of methoxy groups -OCH3 is 2. The monoisotopic (exact) mass is 354 g/mol. The average Bonchev–Trinajstić information content (AvgIpc) is 2.91. The van der Waals surface area contributed by atoms with Crippen molar-refractivity contribution < 1.29 is 22.7 Å². The molecule has 2 N–H and O–H groups in total. The minimum absolute atomic E-state index is 0.0366. The Hall–Kier alpha value is -1.64. The molecule has 2 atom stereocenters. The van der Waals surface area contributed by atoms with Gasteiger partial charge in [0.05, 0.1) is 19.1 Å². The fraction of sp³-hybridized carbons (Fsp3) is 0.562. The summed E-state index contributed by atoms with van der Waals surface area (Å²) in [5.41, 5.74) is 0.0910. The molecule has 2 fully saturated rings. The highest BCUT2D eigenvalue weighted by Gasteiger charge is 2.35. The van der Waals surface area contributed by atoms with Gasteiger partial charge in [0.15, 0.2) is 0 Å². The number of piperidine rings is 1. The molecule has 2 aliphatic heterocycles. The van der Waals surface area contributed by atoms with Gasteiger partial charge in [0.25, 0.3) is 0 Å². The third-order valence-corrected chi connectivity index (χ3v) is 6.20. The van der Waals surface area contributed by atoms with Gasteiger partial charge in [0.1, 0.15) is 11.3 Å². The highest BCUT2D eigenvalue weighted by Crippen LogP contribution is 2.28. The molecule has 1 aromatic rings. The van der Waals surface area contributed by atoms with Gasteiger partial charge in [-0.3, -0.25) is 0 Å². The molecule has 0 amide bonds. The molecule has 7 nitrogen and oxygen atoms in total. The van der Waals surface area contributed by atoms with Crippen LogP contribution in [0.15, 0.2) is 23.1 Å². The first-order chi connectivity index (χ1) is 11.4. The van der Waals surface area contributed by atoms with Gasteiger partial charge >= 0.3 is 5.97 Å². The summed E-state index contributed by atoms with van der Waals surface area (Å²) in [5, 5.41) is 3.48. The third kappa shape index (κ3) is 3.40. The Bertz CT molecular complexity index is 722. The maximum absolute atomic E-state index is 12.7. The van der Waals surface area contributed by atoms with E-state index in [1.54, 1.807) is 0 Å². The Morgan fingerprint density at radius 1 is 1.21 bits per heavy atom.